The number of hydrogen-bond donors (Lipinski definition) is 0. The normalized spacial score (nSPS) is 17.9. The molecule has 0 aliphatic carbocycles. The van der Waals surface area contributed by atoms with Crippen LogP contribution in [0.4, 0.5) is 0 Å². The average Bonchev–Trinajstić information content (AvgIpc) is 1.65. The van der Waals surface area contributed by atoms with E-state index in [1.807, 2.05) is 0 Å². The van der Waals surface area contributed by atoms with Gasteiger partial charge in [0.1, 0.15) is 0 Å². The highest BCUT2D eigenvalue weighted by molar-refractivity contribution is 7.83. The highest BCUT2D eigenvalue weighted by Crippen LogP contribution is 2.53. The molecule has 0 rings (SSSR count). The molecule has 0 aromatic heterocycles. The van der Waals surface area contributed by atoms with Crippen molar-refractivity contribution in [3.8, 4) is 0 Å². The standard InChI is InChI=1S/C4H11ClNO2P/c1-4-8-9(5,7)6(2)3/h4H2,1-3H3. The van der Waals surface area contributed by atoms with Crippen molar-refractivity contribution in [2.24, 2.45) is 0 Å². The molecule has 0 radical (unpaired) electrons. The topological polar surface area (TPSA) is 29.5 Å². The molecule has 0 saturated heterocycles. The zero-order valence-electron chi connectivity index (χ0n) is 5.80. The molecule has 0 N–H and O–H groups in total. The minimum absolute atomic E-state index is 0.374. The van der Waals surface area contributed by atoms with Crippen LogP contribution in [0.25, 0.3) is 0 Å². The maximum absolute atomic E-state index is 11.0. The summed E-state index contributed by atoms with van der Waals surface area (Å²) in [5.74, 6) is 0. The van der Waals surface area contributed by atoms with Gasteiger partial charge in [-0.3, -0.25) is 4.57 Å². The van der Waals surface area contributed by atoms with Gasteiger partial charge in [-0.1, -0.05) is 0 Å². The fourth-order valence-corrected chi connectivity index (χ4v) is 1.12. The summed E-state index contributed by atoms with van der Waals surface area (Å²) in [6.07, 6.45) is 0. The molecular formula is C4H11ClNO2P. The van der Waals surface area contributed by atoms with E-state index in [-0.39, 0.29) is 0 Å². The summed E-state index contributed by atoms with van der Waals surface area (Å²) in [5.41, 5.74) is 0. The molecule has 56 valence electrons. The van der Waals surface area contributed by atoms with Gasteiger partial charge in [-0.25, -0.2) is 4.67 Å². The first-order chi connectivity index (χ1) is 4.00. The fraction of sp³-hybridized carbons (Fsp3) is 1.00. The van der Waals surface area contributed by atoms with Crippen LogP contribution in [0.1, 0.15) is 6.92 Å². The van der Waals surface area contributed by atoms with Crippen LogP contribution in [0.15, 0.2) is 0 Å². The minimum atomic E-state index is -2.96. The summed E-state index contributed by atoms with van der Waals surface area (Å²) in [6.45, 7) is -0.836. The van der Waals surface area contributed by atoms with Gasteiger partial charge in [0.25, 0.3) is 0 Å². The minimum Gasteiger partial charge on any atom is -0.306 e. The summed E-state index contributed by atoms with van der Waals surface area (Å²) in [6, 6.07) is 0. The Hall–Kier alpha value is 0.440. The first-order valence-electron chi connectivity index (χ1n) is 2.62. The molecule has 0 fully saturated rings. The lowest BCUT2D eigenvalue weighted by Crippen LogP contribution is -2.06. The Morgan fingerprint density at radius 2 is 2.11 bits per heavy atom. The predicted octanol–water partition coefficient (Wildman–Crippen LogP) is 1.93. The van der Waals surface area contributed by atoms with Crippen molar-refractivity contribution in [1.82, 2.24) is 4.67 Å². The van der Waals surface area contributed by atoms with E-state index in [0.29, 0.717) is 6.61 Å². The Balaban J connectivity index is 3.87. The van der Waals surface area contributed by atoms with Crippen LogP contribution in [-0.2, 0) is 9.09 Å². The first-order valence-corrected chi connectivity index (χ1v) is 5.11. The Bertz CT molecular complexity index is 128. The van der Waals surface area contributed by atoms with Gasteiger partial charge in [0.15, 0.2) is 0 Å². The molecule has 0 spiro atoms. The van der Waals surface area contributed by atoms with Crippen LogP contribution < -0.4 is 0 Å². The van der Waals surface area contributed by atoms with Crippen LogP contribution >= 0.6 is 18.1 Å². The summed E-state index contributed by atoms with van der Waals surface area (Å²) < 4.78 is 17.1. The van der Waals surface area contributed by atoms with Gasteiger partial charge < -0.3 is 4.52 Å². The Kier molecular flexibility index (Phi) is 3.74. The van der Waals surface area contributed by atoms with E-state index in [9.17, 15) is 4.57 Å². The molecule has 0 amide bonds. The third-order valence-corrected chi connectivity index (χ3v) is 3.50. The molecule has 0 saturated carbocycles. The van der Waals surface area contributed by atoms with E-state index in [4.69, 9.17) is 15.8 Å². The number of nitrogens with zero attached hydrogens (tertiary/aromatic N) is 1. The van der Waals surface area contributed by atoms with E-state index in [1.54, 1.807) is 21.0 Å². The summed E-state index contributed by atoms with van der Waals surface area (Å²) in [4.78, 5) is 0. The molecular weight excluding hydrogens is 160 g/mol. The maximum Gasteiger partial charge on any atom is 0.362 e. The maximum atomic E-state index is 11.0. The second-order valence-corrected chi connectivity index (χ2v) is 4.96. The Morgan fingerprint density at radius 1 is 1.67 bits per heavy atom. The molecule has 1 atom stereocenters. The number of rotatable bonds is 3. The van der Waals surface area contributed by atoms with E-state index >= 15 is 0 Å². The first kappa shape index (κ1) is 9.44. The van der Waals surface area contributed by atoms with Crippen LogP contribution in [0.2, 0.25) is 0 Å². The second kappa shape index (κ2) is 3.57. The Morgan fingerprint density at radius 3 is 2.22 bits per heavy atom. The molecule has 9 heavy (non-hydrogen) atoms. The van der Waals surface area contributed by atoms with Gasteiger partial charge >= 0.3 is 6.87 Å². The molecule has 5 heteroatoms. The molecule has 0 heterocycles. The van der Waals surface area contributed by atoms with Crippen molar-refractivity contribution in [1.29, 1.82) is 0 Å². The van der Waals surface area contributed by atoms with Gasteiger partial charge in [-0.15, -0.1) is 0 Å². The van der Waals surface area contributed by atoms with E-state index in [1.165, 1.54) is 4.67 Å². The lowest BCUT2D eigenvalue weighted by atomic mass is 10.9. The second-order valence-electron chi connectivity index (χ2n) is 1.72. The largest absolute Gasteiger partial charge is 0.362 e. The fourth-order valence-electron chi connectivity index (χ4n) is 0.275. The smallest absolute Gasteiger partial charge is 0.306 e. The lowest BCUT2D eigenvalue weighted by Gasteiger charge is -2.15. The highest BCUT2D eigenvalue weighted by Gasteiger charge is 2.20. The number of halogens is 1. The zero-order valence-corrected chi connectivity index (χ0v) is 7.45. The van der Waals surface area contributed by atoms with Crippen molar-refractivity contribution >= 4 is 18.1 Å². The summed E-state index contributed by atoms with van der Waals surface area (Å²) in [7, 11) is 3.23. The van der Waals surface area contributed by atoms with Crippen molar-refractivity contribution in [3.63, 3.8) is 0 Å². The SMILES string of the molecule is CCOP(=O)(Cl)N(C)C. The zero-order chi connectivity index (χ0) is 7.49. The molecule has 0 aromatic carbocycles. The van der Waals surface area contributed by atoms with Crippen LogP contribution in [0.5, 0.6) is 0 Å². The monoisotopic (exact) mass is 171 g/mol. The van der Waals surface area contributed by atoms with E-state index in [0.717, 1.165) is 0 Å². The third kappa shape index (κ3) is 3.21. The molecule has 0 aliphatic heterocycles. The lowest BCUT2D eigenvalue weighted by molar-refractivity contribution is 0.312. The van der Waals surface area contributed by atoms with E-state index < -0.39 is 6.87 Å². The van der Waals surface area contributed by atoms with Gasteiger partial charge in [0, 0.05) is 0 Å². The van der Waals surface area contributed by atoms with E-state index in [2.05, 4.69) is 0 Å². The molecule has 0 aromatic rings. The molecule has 0 bridgehead atoms. The van der Waals surface area contributed by atoms with Gasteiger partial charge in [-0.05, 0) is 32.3 Å². The highest BCUT2D eigenvalue weighted by atomic mass is 35.7. The summed E-state index contributed by atoms with van der Waals surface area (Å²) in [5, 5.41) is 0. The van der Waals surface area contributed by atoms with Crippen molar-refractivity contribution in [2.75, 3.05) is 20.7 Å². The van der Waals surface area contributed by atoms with Crippen LogP contribution in [0.3, 0.4) is 0 Å². The van der Waals surface area contributed by atoms with Crippen molar-refractivity contribution in [3.05, 3.63) is 0 Å². The Labute approximate surface area is 60.2 Å². The van der Waals surface area contributed by atoms with Gasteiger partial charge in [0.2, 0.25) is 0 Å². The van der Waals surface area contributed by atoms with Gasteiger partial charge in [0.05, 0.1) is 6.61 Å². The molecule has 1 unspecified atom stereocenters. The quantitative estimate of drug-likeness (QED) is 0.608. The number of hydrogen-bond acceptors (Lipinski definition) is 2. The third-order valence-electron chi connectivity index (χ3n) is 0.766. The van der Waals surface area contributed by atoms with Crippen molar-refractivity contribution in [2.45, 2.75) is 6.92 Å². The molecule has 3 nitrogen and oxygen atoms in total. The van der Waals surface area contributed by atoms with Crippen molar-refractivity contribution < 1.29 is 9.09 Å². The predicted molar refractivity (Wildman–Crippen MR) is 38.8 cm³/mol. The average molecular weight is 172 g/mol. The van der Waals surface area contributed by atoms with Crippen LogP contribution in [0, 0.1) is 0 Å². The van der Waals surface area contributed by atoms with Gasteiger partial charge in [-0.2, -0.15) is 0 Å². The molecule has 0 aliphatic rings. The van der Waals surface area contributed by atoms with Crippen LogP contribution in [-0.4, -0.2) is 25.4 Å². The summed E-state index contributed by atoms with van der Waals surface area (Å²) >= 11 is 5.43.